The van der Waals surface area contributed by atoms with E-state index in [9.17, 15) is 10.1 Å². The minimum atomic E-state index is -0.970. The molecule has 4 nitrogen and oxygen atoms in total. The SMILES string of the molecule is N#CC(Cl)c1cc([N+](=O)[O-])ccc1Cl. The molecule has 0 N–H and O–H groups in total. The van der Waals surface area contributed by atoms with E-state index >= 15 is 0 Å². The molecule has 1 aromatic carbocycles. The molecule has 0 spiro atoms. The number of rotatable bonds is 2. The molecule has 0 saturated carbocycles. The highest BCUT2D eigenvalue weighted by Crippen LogP contribution is 2.30. The summed E-state index contributed by atoms with van der Waals surface area (Å²) < 4.78 is 0. The molecule has 1 unspecified atom stereocenters. The van der Waals surface area contributed by atoms with Gasteiger partial charge in [-0.2, -0.15) is 5.26 Å². The van der Waals surface area contributed by atoms with Crippen LogP contribution in [-0.4, -0.2) is 4.92 Å². The maximum absolute atomic E-state index is 10.4. The van der Waals surface area contributed by atoms with Gasteiger partial charge in [-0.3, -0.25) is 10.1 Å². The molecule has 0 aromatic heterocycles. The average Bonchev–Trinajstić information content (AvgIpc) is 2.17. The first kappa shape index (κ1) is 10.8. The smallest absolute Gasteiger partial charge is 0.258 e. The van der Waals surface area contributed by atoms with E-state index in [0.29, 0.717) is 0 Å². The Bertz CT molecular complexity index is 414. The topological polar surface area (TPSA) is 66.9 Å². The molecule has 0 bridgehead atoms. The third-order valence-corrected chi connectivity index (χ3v) is 2.25. The fourth-order valence-corrected chi connectivity index (χ4v) is 1.37. The molecular weight excluding hydrogens is 227 g/mol. The summed E-state index contributed by atoms with van der Waals surface area (Å²) in [4.78, 5) is 9.84. The molecule has 0 radical (unpaired) electrons. The summed E-state index contributed by atoms with van der Waals surface area (Å²) in [7, 11) is 0. The van der Waals surface area contributed by atoms with E-state index in [1.807, 2.05) is 0 Å². The normalized spacial score (nSPS) is 11.8. The maximum Gasteiger partial charge on any atom is 0.269 e. The molecule has 0 aliphatic carbocycles. The highest BCUT2D eigenvalue weighted by Gasteiger charge is 2.15. The van der Waals surface area contributed by atoms with Crippen molar-refractivity contribution in [3.8, 4) is 6.07 Å². The molecule has 0 aliphatic heterocycles. The van der Waals surface area contributed by atoms with Crippen molar-refractivity contribution in [2.24, 2.45) is 0 Å². The van der Waals surface area contributed by atoms with Crippen LogP contribution in [0.15, 0.2) is 18.2 Å². The highest BCUT2D eigenvalue weighted by molar-refractivity contribution is 6.33. The van der Waals surface area contributed by atoms with Crippen molar-refractivity contribution in [2.75, 3.05) is 0 Å². The molecule has 1 atom stereocenters. The molecule has 72 valence electrons. The summed E-state index contributed by atoms with van der Waals surface area (Å²) in [5, 5.41) is 18.2. The van der Waals surface area contributed by atoms with Crippen molar-refractivity contribution in [1.29, 1.82) is 5.26 Å². The summed E-state index contributed by atoms with van der Waals surface area (Å²) in [6.45, 7) is 0. The second-order valence-electron chi connectivity index (χ2n) is 2.45. The van der Waals surface area contributed by atoms with Crippen LogP contribution in [0.25, 0.3) is 0 Å². The number of hydrogen-bond donors (Lipinski definition) is 0. The zero-order valence-corrected chi connectivity index (χ0v) is 8.29. The zero-order chi connectivity index (χ0) is 10.7. The van der Waals surface area contributed by atoms with Gasteiger partial charge in [0.05, 0.1) is 11.0 Å². The Morgan fingerprint density at radius 3 is 2.71 bits per heavy atom. The fourth-order valence-electron chi connectivity index (χ4n) is 0.908. The van der Waals surface area contributed by atoms with Crippen molar-refractivity contribution >= 4 is 28.9 Å². The van der Waals surface area contributed by atoms with Crippen LogP contribution in [0.4, 0.5) is 5.69 Å². The van der Waals surface area contributed by atoms with E-state index in [1.54, 1.807) is 6.07 Å². The molecule has 1 aromatic rings. The maximum atomic E-state index is 10.4. The van der Waals surface area contributed by atoms with Gasteiger partial charge in [0, 0.05) is 22.7 Å². The quantitative estimate of drug-likeness (QED) is 0.446. The predicted molar refractivity (Wildman–Crippen MR) is 52.3 cm³/mol. The van der Waals surface area contributed by atoms with Crippen LogP contribution < -0.4 is 0 Å². The summed E-state index contributed by atoms with van der Waals surface area (Å²) in [6.07, 6.45) is 0. The Hall–Kier alpha value is -1.31. The van der Waals surface area contributed by atoms with Gasteiger partial charge in [-0.05, 0) is 6.07 Å². The Morgan fingerprint density at radius 1 is 1.57 bits per heavy atom. The minimum absolute atomic E-state index is 0.134. The number of nitrogens with zero attached hydrogens (tertiary/aromatic N) is 2. The van der Waals surface area contributed by atoms with Crippen LogP contribution in [0.3, 0.4) is 0 Å². The lowest BCUT2D eigenvalue weighted by Gasteiger charge is -2.03. The number of halogens is 2. The van der Waals surface area contributed by atoms with Crippen LogP contribution in [0.1, 0.15) is 10.9 Å². The number of non-ortho nitro benzene ring substituents is 1. The second kappa shape index (κ2) is 4.27. The van der Waals surface area contributed by atoms with Gasteiger partial charge in [0.1, 0.15) is 5.38 Å². The molecule has 0 heterocycles. The van der Waals surface area contributed by atoms with Crippen molar-refractivity contribution in [2.45, 2.75) is 5.38 Å². The number of alkyl halides is 1. The summed E-state index contributed by atoms with van der Waals surface area (Å²) in [5.74, 6) is 0. The summed E-state index contributed by atoms with van der Waals surface area (Å²) in [5.41, 5.74) is 0.121. The van der Waals surface area contributed by atoms with Gasteiger partial charge in [0.25, 0.3) is 5.69 Å². The third-order valence-electron chi connectivity index (χ3n) is 1.58. The second-order valence-corrected chi connectivity index (χ2v) is 3.30. The van der Waals surface area contributed by atoms with Crippen molar-refractivity contribution in [3.05, 3.63) is 38.9 Å². The van der Waals surface area contributed by atoms with E-state index in [4.69, 9.17) is 28.5 Å². The summed E-state index contributed by atoms with van der Waals surface area (Å²) in [6, 6.07) is 5.55. The molecule has 0 aliphatic rings. The van der Waals surface area contributed by atoms with Gasteiger partial charge in [-0.1, -0.05) is 11.6 Å². The first-order chi connectivity index (χ1) is 6.56. The Kier molecular flexibility index (Phi) is 3.28. The Morgan fingerprint density at radius 2 is 2.21 bits per heavy atom. The Balaban J connectivity index is 3.23. The lowest BCUT2D eigenvalue weighted by molar-refractivity contribution is -0.384. The number of hydrogen-bond acceptors (Lipinski definition) is 3. The number of nitro benzene ring substituents is 1. The molecule has 1 rings (SSSR count). The van der Waals surface area contributed by atoms with Crippen molar-refractivity contribution in [3.63, 3.8) is 0 Å². The van der Waals surface area contributed by atoms with Crippen LogP contribution in [0, 0.1) is 21.4 Å². The van der Waals surface area contributed by atoms with Crippen LogP contribution in [0.2, 0.25) is 5.02 Å². The minimum Gasteiger partial charge on any atom is -0.258 e. The lowest BCUT2D eigenvalue weighted by Crippen LogP contribution is -1.93. The van der Waals surface area contributed by atoms with Gasteiger partial charge in [-0.15, -0.1) is 11.6 Å². The van der Waals surface area contributed by atoms with Gasteiger partial charge in [0.2, 0.25) is 0 Å². The van der Waals surface area contributed by atoms with Crippen molar-refractivity contribution in [1.82, 2.24) is 0 Å². The molecule has 0 amide bonds. The molecule has 0 saturated heterocycles. The molecular formula is C8H4Cl2N2O2. The highest BCUT2D eigenvalue weighted by atomic mass is 35.5. The fraction of sp³-hybridized carbons (Fsp3) is 0.125. The van der Waals surface area contributed by atoms with E-state index in [-0.39, 0.29) is 16.3 Å². The molecule has 6 heteroatoms. The first-order valence-electron chi connectivity index (χ1n) is 3.53. The molecule has 0 fully saturated rings. The number of nitro groups is 1. The third kappa shape index (κ3) is 2.13. The Labute approximate surface area is 89.8 Å². The van der Waals surface area contributed by atoms with Gasteiger partial charge in [-0.25, -0.2) is 0 Å². The average molecular weight is 231 g/mol. The zero-order valence-electron chi connectivity index (χ0n) is 6.78. The standard InChI is InChI=1S/C8H4Cl2N2O2/c9-7-2-1-5(12(13)14)3-6(7)8(10)4-11/h1-3,8H. The number of benzene rings is 1. The van der Waals surface area contributed by atoms with Gasteiger partial charge >= 0.3 is 0 Å². The van der Waals surface area contributed by atoms with Crippen LogP contribution in [0.5, 0.6) is 0 Å². The van der Waals surface area contributed by atoms with Crippen molar-refractivity contribution < 1.29 is 4.92 Å². The van der Waals surface area contributed by atoms with Crippen LogP contribution >= 0.6 is 23.2 Å². The molecule has 14 heavy (non-hydrogen) atoms. The van der Waals surface area contributed by atoms with E-state index < -0.39 is 10.3 Å². The van der Waals surface area contributed by atoms with Crippen LogP contribution in [-0.2, 0) is 0 Å². The first-order valence-corrected chi connectivity index (χ1v) is 4.35. The van der Waals surface area contributed by atoms with Gasteiger partial charge < -0.3 is 0 Å². The lowest BCUT2D eigenvalue weighted by atomic mass is 10.1. The predicted octanol–water partition coefficient (Wildman–Crippen LogP) is 3.05. The number of nitriles is 1. The van der Waals surface area contributed by atoms with E-state index in [2.05, 4.69) is 0 Å². The van der Waals surface area contributed by atoms with Gasteiger partial charge in [0.15, 0.2) is 0 Å². The van der Waals surface area contributed by atoms with E-state index in [0.717, 1.165) is 0 Å². The largest absolute Gasteiger partial charge is 0.269 e. The van der Waals surface area contributed by atoms with E-state index in [1.165, 1.54) is 18.2 Å². The monoisotopic (exact) mass is 230 g/mol. The summed E-state index contributed by atoms with van der Waals surface area (Å²) >= 11 is 11.3.